The molecule has 0 spiro atoms. The van der Waals surface area contributed by atoms with Crippen molar-refractivity contribution < 1.29 is 0 Å². The monoisotopic (exact) mass is 362 g/mol. The lowest BCUT2D eigenvalue weighted by Crippen LogP contribution is -1.77. The van der Waals surface area contributed by atoms with E-state index in [0.717, 1.165) is 0 Å². The minimum atomic E-state index is 1.20. The maximum Gasteiger partial charge on any atom is -0.0244 e. The first-order valence-corrected chi connectivity index (χ1v) is 5.71. The Kier molecular flexibility index (Phi) is 7.26. The molecule has 0 fully saturated rings. The third-order valence-electron chi connectivity index (χ3n) is 1.29. The number of halogens is 2. The molecule has 0 nitrogen and oxygen atoms in total. The first-order chi connectivity index (χ1) is 4.70. The Labute approximate surface area is 90.4 Å². The molecule has 0 amide bonds. The van der Waals surface area contributed by atoms with Crippen LogP contribution >= 0.6 is 45.2 Å². The van der Waals surface area contributed by atoms with Crippen molar-refractivity contribution in [3.63, 3.8) is 0 Å². The summed E-state index contributed by atoms with van der Waals surface area (Å²) in [5.74, 6) is 0. The maximum absolute atomic E-state index is 2.29. The summed E-state index contributed by atoms with van der Waals surface area (Å²) in [5.41, 5.74) is 2.94. The zero-order valence-electron chi connectivity index (χ0n) is 6.32. The zero-order valence-corrected chi connectivity index (χ0v) is 10.6. The van der Waals surface area contributed by atoms with Crippen LogP contribution in [0.2, 0.25) is 0 Å². The zero-order chi connectivity index (χ0) is 7.98. The quantitative estimate of drug-likeness (QED) is 0.652. The van der Waals surface area contributed by atoms with Gasteiger partial charge in [0.05, 0.1) is 0 Å². The Morgan fingerprint density at radius 1 is 1.00 bits per heavy atom. The molecule has 0 rings (SSSR count). The maximum atomic E-state index is 2.29. The highest BCUT2D eigenvalue weighted by Crippen LogP contribution is 2.13. The average molecular weight is 362 g/mol. The normalized spacial score (nSPS) is 14.0. The fraction of sp³-hybridized carbons (Fsp3) is 0.500. The second-order valence-electron chi connectivity index (χ2n) is 2.41. The van der Waals surface area contributed by atoms with Crippen LogP contribution < -0.4 is 0 Å². The Morgan fingerprint density at radius 2 is 1.30 bits per heavy atom. The smallest absolute Gasteiger partial charge is 0.0244 e. The van der Waals surface area contributed by atoms with Gasteiger partial charge in [0, 0.05) is 0 Å². The van der Waals surface area contributed by atoms with E-state index in [1.165, 1.54) is 24.0 Å². The van der Waals surface area contributed by atoms with Crippen LogP contribution in [0.15, 0.2) is 19.3 Å². The van der Waals surface area contributed by atoms with Crippen molar-refractivity contribution in [2.45, 2.75) is 26.7 Å². The molecule has 0 radical (unpaired) electrons. The van der Waals surface area contributed by atoms with Crippen molar-refractivity contribution in [2.24, 2.45) is 0 Å². The largest absolute Gasteiger partial charge is 0.0669 e. The van der Waals surface area contributed by atoms with Crippen molar-refractivity contribution in [3.05, 3.63) is 19.3 Å². The minimum absolute atomic E-state index is 1.20. The highest BCUT2D eigenvalue weighted by Gasteiger charge is 1.90. The predicted molar refractivity (Wildman–Crippen MR) is 64.8 cm³/mol. The molecule has 10 heavy (non-hydrogen) atoms. The summed E-state index contributed by atoms with van der Waals surface area (Å²) in [4.78, 5) is 0. The molecular weight excluding hydrogens is 350 g/mol. The SMILES string of the molecule is CC(=CI)CCC(C)=CI. The number of hydrogen-bond donors (Lipinski definition) is 0. The third kappa shape index (κ3) is 5.70. The summed E-state index contributed by atoms with van der Waals surface area (Å²) in [6.07, 6.45) is 2.41. The van der Waals surface area contributed by atoms with E-state index in [1.54, 1.807) is 0 Å². The second-order valence-corrected chi connectivity index (χ2v) is 3.66. The molecule has 0 unspecified atom stereocenters. The first kappa shape index (κ1) is 10.9. The highest BCUT2D eigenvalue weighted by molar-refractivity contribution is 14.1. The Morgan fingerprint density at radius 3 is 1.50 bits per heavy atom. The van der Waals surface area contributed by atoms with Crippen molar-refractivity contribution in [1.82, 2.24) is 0 Å². The fourth-order valence-corrected chi connectivity index (χ4v) is 1.13. The minimum Gasteiger partial charge on any atom is -0.0669 e. The lowest BCUT2D eigenvalue weighted by Gasteiger charge is -1.98. The molecule has 0 bridgehead atoms. The molecular formula is C8H12I2. The molecule has 0 saturated heterocycles. The van der Waals surface area contributed by atoms with Crippen LogP contribution in [0, 0.1) is 0 Å². The third-order valence-corrected chi connectivity index (χ3v) is 3.41. The highest BCUT2D eigenvalue weighted by atomic mass is 127. The van der Waals surface area contributed by atoms with Gasteiger partial charge in [-0.3, -0.25) is 0 Å². The van der Waals surface area contributed by atoms with Gasteiger partial charge < -0.3 is 0 Å². The molecule has 0 atom stereocenters. The van der Waals surface area contributed by atoms with Gasteiger partial charge in [0.1, 0.15) is 0 Å². The van der Waals surface area contributed by atoms with Crippen LogP contribution in [0.4, 0.5) is 0 Å². The molecule has 0 aromatic heterocycles. The van der Waals surface area contributed by atoms with Gasteiger partial charge in [0.25, 0.3) is 0 Å². The van der Waals surface area contributed by atoms with E-state index in [4.69, 9.17) is 0 Å². The average Bonchev–Trinajstić information content (AvgIpc) is 1.99. The van der Waals surface area contributed by atoms with Crippen LogP contribution in [0.5, 0.6) is 0 Å². The molecule has 0 aliphatic carbocycles. The molecule has 0 aliphatic rings. The Balaban J connectivity index is 3.56. The van der Waals surface area contributed by atoms with Gasteiger partial charge in [-0.2, -0.15) is 0 Å². The second kappa shape index (κ2) is 6.64. The lowest BCUT2D eigenvalue weighted by atomic mass is 10.1. The van der Waals surface area contributed by atoms with Crippen molar-refractivity contribution in [1.29, 1.82) is 0 Å². The van der Waals surface area contributed by atoms with E-state index >= 15 is 0 Å². The fourth-order valence-electron chi connectivity index (χ4n) is 0.503. The van der Waals surface area contributed by atoms with Gasteiger partial charge in [0.2, 0.25) is 0 Å². The number of hydrogen-bond acceptors (Lipinski definition) is 0. The topological polar surface area (TPSA) is 0 Å². The molecule has 0 N–H and O–H groups in total. The number of rotatable bonds is 3. The molecule has 2 heteroatoms. The summed E-state index contributed by atoms with van der Waals surface area (Å²) in [6.45, 7) is 4.35. The van der Waals surface area contributed by atoms with Crippen LogP contribution in [-0.2, 0) is 0 Å². The van der Waals surface area contributed by atoms with Crippen LogP contribution in [0.25, 0.3) is 0 Å². The summed E-state index contributed by atoms with van der Waals surface area (Å²) in [5, 5.41) is 0. The Bertz CT molecular complexity index is 127. The van der Waals surface area contributed by atoms with Crippen molar-refractivity contribution >= 4 is 45.2 Å². The predicted octanol–water partition coefficient (Wildman–Crippen LogP) is 4.44. The summed E-state index contributed by atoms with van der Waals surface area (Å²) < 4.78 is 4.30. The Hall–Kier alpha value is 0.940. The van der Waals surface area contributed by atoms with Gasteiger partial charge in [-0.1, -0.05) is 56.3 Å². The molecule has 0 aromatic rings. The van der Waals surface area contributed by atoms with Crippen molar-refractivity contribution in [3.8, 4) is 0 Å². The molecule has 58 valence electrons. The summed E-state index contributed by atoms with van der Waals surface area (Å²) in [7, 11) is 0. The number of allylic oxidation sites excluding steroid dienone is 2. The van der Waals surface area contributed by atoms with Gasteiger partial charge in [0.15, 0.2) is 0 Å². The van der Waals surface area contributed by atoms with Crippen LogP contribution in [0.1, 0.15) is 26.7 Å². The van der Waals surface area contributed by atoms with Gasteiger partial charge >= 0.3 is 0 Å². The molecule has 0 heterocycles. The van der Waals surface area contributed by atoms with Crippen molar-refractivity contribution in [2.75, 3.05) is 0 Å². The van der Waals surface area contributed by atoms with Crippen LogP contribution in [0.3, 0.4) is 0 Å². The van der Waals surface area contributed by atoms with E-state index < -0.39 is 0 Å². The molecule has 0 aromatic carbocycles. The summed E-state index contributed by atoms with van der Waals surface area (Å²) >= 11 is 4.58. The summed E-state index contributed by atoms with van der Waals surface area (Å²) in [6, 6.07) is 0. The van der Waals surface area contributed by atoms with Crippen LogP contribution in [-0.4, -0.2) is 0 Å². The van der Waals surface area contributed by atoms with E-state index in [9.17, 15) is 0 Å². The van der Waals surface area contributed by atoms with E-state index in [-0.39, 0.29) is 0 Å². The first-order valence-electron chi connectivity index (χ1n) is 3.22. The standard InChI is InChI=1S/C8H12I2/c1-7(5-9)3-4-8(2)6-10/h5-6H,3-4H2,1-2H3. The van der Waals surface area contributed by atoms with E-state index in [0.29, 0.717) is 0 Å². The van der Waals surface area contributed by atoms with Gasteiger partial charge in [-0.15, -0.1) is 0 Å². The van der Waals surface area contributed by atoms with E-state index in [2.05, 4.69) is 67.2 Å². The molecule has 0 aliphatic heterocycles. The lowest BCUT2D eigenvalue weighted by molar-refractivity contribution is 0.931. The van der Waals surface area contributed by atoms with Gasteiger partial charge in [-0.25, -0.2) is 0 Å². The molecule has 0 saturated carbocycles. The van der Waals surface area contributed by atoms with Gasteiger partial charge in [-0.05, 0) is 34.9 Å². The van der Waals surface area contributed by atoms with E-state index in [1.807, 2.05) is 0 Å².